The summed E-state index contributed by atoms with van der Waals surface area (Å²) < 4.78 is 15.2. The molecule has 0 aliphatic carbocycles. The number of amides is 4. The fourth-order valence-electron chi connectivity index (χ4n) is 3.05. The molecule has 172 valence electrons. The number of nitro benzene ring substituents is 1. The van der Waals surface area contributed by atoms with Crippen LogP contribution < -0.4 is 24.4 Å². The Morgan fingerprint density at radius 3 is 2.24 bits per heavy atom. The van der Waals surface area contributed by atoms with E-state index in [0.717, 1.165) is 12.1 Å². The summed E-state index contributed by atoms with van der Waals surface area (Å²) in [7, 11) is 3.79. The Balaban J connectivity index is 2.15. The Labute approximate surface area is 191 Å². The molecule has 0 radical (unpaired) electrons. The van der Waals surface area contributed by atoms with E-state index in [2.05, 4.69) is 0 Å². The maximum Gasteiger partial charge on any atom is 0.336 e. The van der Waals surface area contributed by atoms with Crippen LogP contribution in [0, 0.1) is 10.1 Å². The van der Waals surface area contributed by atoms with Crippen molar-refractivity contribution in [3.8, 4) is 23.0 Å². The first-order valence-corrected chi connectivity index (χ1v) is 9.39. The fourth-order valence-corrected chi connectivity index (χ4v) is 3.28. The van der Waals surface area contributed by atoms with E-state index < -0.39 is 39.8 Å². The second-order valence-electron chi connectivity index (χ2n) is 6.46. The fraction of sp³-hybridized carbons (Fsp3) is 0.150. The summed E-state index contributed by atoms with van der Waals surface area (Å²) >= 11 is 6.07. The highest BCUT2D eigenvalue weighted by atomic mass is 35.5. The number of nitrogens with zero attached hydrogens (tertiary/aromatic N) is 2. The van der Waals surface area contributed by atoms with Crippen LogP contribution in [-0.4, -0.2) is 49.2 Å². The second-order valence-corrected chi connectivity index (χ2v) is 6.87. The molecule has 1 saturated heterocycles. The number of benzene rings is 2. The average Bonchev–Trinajstić information content (AvgIpc) is 2.77. The highest BCUT2D eigenvalue weighted by Crippen LogP contribution is 2.40. The summed E-state index contributed by atoms with van der Waals surface area (Å²) in [4.78, 5) is 49.1. The number of methoxy groups -OCH3 is 3. The van der Waals surface area contributed by atoms with Crippen LogP contribution in [0.15, 0.2) is 29.8 Å². The van der Waals surface area contributed by atoms with Crippen molar-refractivity contribution in [2.75, 3.05) is 26.2 Å². The average molecular weight is 478 g/mol. The number of rotatable bonds is 6. The van der Waals surface area contributed by atoms with Gasteiger partial charge in [0.15, 0.2) is 5.75 Å². The van der Waals surface area contributed by atoms with Crippen molar-refractivity contribution in [2.24, 2.45) is 0 Å². The van der Waals surface area contributed by atoms with Crippen molar-refractivity contribution in [3.05, 3.63) is 50.5 Å². The monoisotopic (exact) mass is 477 g/mol. The van der Waals surface area contributed by atoms with Crippen LogP contribution in [0.5, 0.6) is 23.0 Å². The number of hydrogen-bond donors (Lipinski definition) is 2. The van der Waals surface area contributed by atoms with Gasteiger partial charge in [0.25, 0.3) is 11.8 Å². The maximum atomic E-state index is 13.2. The van der Waals surface area contributed by atoms with E-state index >= 15 is 0 Å². The summed E-state index contributed by atoms with van der Waals surface area (Å²) in [5.41, 5.74) is -1.30. The molecule has 0 unspecified atom stereocenters. The van der Waals surface area contributed by atoms with Crippen molar-refractivity contribution in [1.29, 1.82) is 0 Å². The summed E-state index contributed by atoms with van der Waals surface area (Å²) in [6.07, 6.45) is 1.02. The molecule has 0 atom stereocenters. The van der Waals surface area contributed by atoms with Gasteiger partial charge in [0.2, 0.25) is 5.75 Å². The SMILES string of the molecule is COc1cc(N2C(=O)NC(=O)/C(=C/c3cc(OC)c(O)c([N+](=O)[O-])c3)C2=O)c(OC)cc1Cl. The number of phenolic OH excluding ortho intramolecular Hbond substituents is 1. The van der Waals surface area contributed by atoms with Crippen LogP contribution in [0.3, 0.4) is 0 Å². The normalized spacial score (nSPS) is 14.8. The molecule has 2 N–H and O–H groups in total. The second kappa shape index (κ2) is 9.04. The van der Waals surface area contributed by atoms with Crippen molar-refractivity contribution in [3.63, 3.8) is 0 Å². The molecule has 1 aliphatic heterocycles. The first kappa shape index (κ1) is 23.3. The molecule has 33 heavy (non-hydrogen) atoms. The van der Waals surface area contributed by atoms with Crippen LogP contribution >= 0.6 is 11.6 Å². The lowest BCUT2D eigenvalue weighted by Gasteiger charge is -2.28. The molecule has 0 saturated carbocycles. The van der Waals surface area contributed by atoms with Gasteiger partial charge in [-0.3, -0.25) is 25.0 Å². The Bertz CT molecular complexity index is 1230. The van der Waals surface area contributed by atoms with Gasteiger partial charge >= 0.3 is 11.7 Å². The van der Waals surface area contributed by atoms with Crippen LogP contribution in [0.25, 0.3) is 6.08 Å². The minimum Gasteiger partial charge on any atom is -0.500 e. The van der Waals surface area contributed by atoms with Gasteiger partial charge in [-0.05, 0) is 17.7 Å². The highest BCUT2D eigenvalue weighted by Gasteiger charge is 2.39. The van der Waals surface area contributed by atoms with E-state index in [4.69, 9.17) is 25.8 Å². The molecular formula is C20H16ClN3O9. The molecule has 0 bridgehead atoms. The first-order valence-electron chi connectivity index (χ1n) is 9.01. The predicted molar refractivity (Wildman–Crippen MR) is 115 cm³/mol. The zero-order valence-corrected chi connectivity index (χ0v) is 18.1. The van der Waals surface area contributed by atoms with Crippen molar-refractivity contribution >= 4 is 46.9 Å². The van der Waals surface area contributed by atoms with Crippen molar-refractivity contribution in [1.82, 2.24) is 5.32 Å². The number of hydrogen-bond acceptors (Lipinski definition) is 9. The Morgan fingerprint density at radius 2 is 1.67 bits per heavy atom. The van der Waals surface area contributed by atoms with E-state index in [0.29, 0.717) is 4.90 Å². The highest BCUT2D eigenvalue weighted by molar-refractivity contribution is 6.39. The van der Waals surface area contributed by atoms with Gasteiger partial charge in [0, 0.05) is 18.2 Å². The van der Waals surface area contributed by atoms with E-state index in [1.807, 2.05) is 5.32 Å². The van der Waals surface area contributed by atoms with E-state index in [1.165, 1.54) is 39.5 Å². The number of ether oxygens (including phenoxy) is 3. The maximum absolute atomic E-state index is 13.2. The Hall–Kier alpha value is -4.32. The molecule has 1 fully saturated rings. The molecule has 13 heteroatoms. The molecular weight excluding hydrogens is 462 g/mol. The summed E-state index contributed by atoms with van der Waals surface area (Å²) in [6, 6.07) is 3.67. The van der Waals surface area contributed by atoms with E-state index in [-0.39, 0.29) is 33.5 Å². The number of carbonyl (C=O) groups is 3. The zero-order chi connectivity index (χ0) is 24.4. The topological polar surface area (TPSA) is 158 Å². The molecule has 2 aromatic rings. The molecule has 0 aromatic heterocycles. The number of phenols is 1. The lowest BCUT2D eigenvalue weighted by Crippen LogP contribution is -2.54. The van der Waals surface area contributed by atoms with Gasteiger partial charge in [-0.1, -0.05) is 11.6 Å². The quantitative estimate of drug-likeness (QED) is 0.276. The van der Waals surface area contributed by atoms with Gasteiger partial charge in [0.1, 0.15) is 17.1 Å². The Kier molecular flexibility index (Phi) is 6.40. The largest absolute Gasteiger partial charge is 0.500 e. The standard InChI is InChI=1S/C20H16ClN3O9/c1-31-14-8-12(15(32-2)7-11(14)21)23-19(27)10(18(26)22-20(23)28)4-9-5-13(24(29)30)17(25)16(6-9)33-3/h4-8,25H,1-3H3,(H,22,26,28)/b10-4-. The predicted octanol–water partition coefficient (Wildman–Crippen LogP) is 2.65. The number of imide groups is 2. The number of halogens is 1. The lowest BCUT2D eigenvalue weighted by molar-refractivity contribution is -0.386. The summed E-state index contributed by atoms with van der Waals surface area (Å²) in [5, 5.41) is 23.3. The van der Waals surface area contributed by atoms with Crippen LogP contribution in [-0.2, 0) is 9.59 Å². The van der Waals surface area contributed by atoms with Crippen LogP contribution in [0.2, 0.25) is 5.02 Å². The molecule has 1 aliphatic rings. The van der Waals surface area contributed by atoms with Gasteiger partial charge in [-0.15, -0.1) is 0 Å². The number of nitro groups is 1. The van der Waals surface area contributed by atoms with E-state index in [1.54, 1.807) is 0 Å². The van der Waals surface area contributed by atoms with Gasteiger partial charge in [-0.2, -0.15) is 0 Å². The minimum atomic E-state index is -1.06. The summed E-state index contributed by atoms with van der Waals surface area (Å²) in [6.45, 7) is 0. The molecule has 12 nitrogen and oxygen atoms in total. The zero-order valence-electron chi connectivity index (χ0n) is 17.4. The van der Waals surface area contributed by atoms with Crippen LogP contribution in [0.4, 0.5) is 16.2 Å². The lowest BCUT2D eigenvalue weighted by atomic mass is 10.1. The van der Waals surface area contributed by atoms with Gasteiger partial charge in [-0.25, -0.2) is 9.69 Å². The summed E-state index contributed by atoms with van der Waals surface area (Å²) in [5.74, 6) is -2.87. The van der Waals surface area contributed by atoms with Gasteiger partial charge < -0.3 is 19.3 Å². The molecule has 0 spiro atoms. The third kappa shape index (κ3) is 4.23. The molecule has 4 amide bonds. The van der Waals surface area contributed by atoms with E-state index in [9.17, 15) is 29.6 Å². The van der Waals surface area contributed by atoms with Crippen molar-refractivity contribution in [2.45, 2.75) is 0 Å². The number of anilines is 1. The number of carbonyl (C=O) groups excluding carboxylic acids is 3. The third-order valence-electron chi connectivity index (χ3n) is 4.60. The number of nitrogens with one attached hydrogen (secondary N) is 1. The first-order chi connectivity index (χ1) is 15.6. The third-order valence-corrected chi connectivity index (χ3v) is 4.90. The van der Waals surface area contributed by atoms with Crippen LogP contribution in [0.1, 0.15) is 5.56 Å². The number of barbiturate groups is 1. The molecule has 1 heterocycles. The van der Waals surface area contributed by atoms with Gasteiger partial charge in [0.05, 0.1) is 37.0 Å². The number of urea groups is 1. The Morgan fingerprint density at radius 1 is 1.03 bits per heavy atom. The smallest absolute Gasteiger partial charge is 0.336 e. The minimum absolute atomic E-state index is 0.00944. The van der Waals surface area contributed by atoms with Crippen molar-refractivity contribution < 1.29 is 38.6 Å². The molecule has 2 aromatic carbocycles. The number of aromatic hydroxyl groups is 1. The molecule has 3 rings (SSSR count).